The minimum Gasteiger partial charge on any atom is -0.493 e. The normalized spacial score (nSPS) is 11.5. The Bertz CT molecular complexity index is 1320. The monoisotopic (exact) mass is 474 g/mol. The second kappa shape index (κ2) is 12.4. The van der Waals surface area contributed by atoms with Crippen molar-refractivity contribution >= 4 is 23.0 Å². The molecule has 1 aromatic heterocycles. The molecule has 0 atom stereocenters. The Morgan fingerprint density at radius 1 is 0.971 bits per heavy atom. The summed E-state index contributed by atoms with van der Waals surface area (Å²) >= 11 is 0. The summed E-state index contributed by atoms with van der Waals surface area (Å²) in [7, 11) is 1.57. The van der Waals surface area contributed by atoms with Gasteiger partial charge < -0.3 is 18.6 Å². The van der Waals surface area contributed by atoms with E-state index in [0.717, 1.165) is 23.8 Å². The molecule has 0 N–H and O–H groups in total. The van der Waals surface area contributed by atoms with Gasteiger partial charge in [0.05, 0.1) is 7.11 Å². The van der Waals surface area contributed by atoms with Gasteiger partial charge in [-0.3, -0.25) is 0 Å². The van der Waals surface area contributed by atoms with E-state index in [1.165, 1.54) is 29.4 Å². The van der Waals surface area contributed by atoms with Crippen molar-refractivity contribution in [2.24, 2.45) is 0 Å². The molecule has 0 unspecified atom stereocenters. The molecule has 6 heteroatoms. The number of carbonyl (C=O) groups is 1. The highest BCUT2D eigenvalue weighted by Gasteiger charge is 2.07. The van der Waals surface area contributed by atoms with Gasteiger partial charge in [-0.05, 0) is 81.7 Å². The number of hydrogen-bond donors (Lipinski definition) is 0. The van der Waals surface area contributed by atoms with Gasteiger partial charge in [0, 0.05) is 23.6 Å². The van der Waals surface area contributed by atoms with E-state index in [4.69, 9.17) is 18.6 Å². The van der Waals surface area contributed by atoms with Gasteiger partial charge in [-0.1, -0.05) is 23.3 Å². The third-order valence-corrected chi connectivity index (χ3v) is 5.17. The predicted octanol–water partition coefficient (Wildman–Crippen LogP) is 6.49. The zero-order valence-electron chi connectivity index (χ0n) is 20.5. The zero-order valence-corrected chi connectivity index (χ0v) is 20.5. The van der Waals surface area contributed by atoms with Gasteiger partial charge in [0.1, 0.15) is 17.9 Å². The first-order chi connectivity index (χ1) is 16.8. The predicted molar refractivity (Wildman–Crippen MR) is 138 cm³/mol. The molecule has 3 rings (SSSR count). The summed E-state index contributed by atoms with van der Waals surface area (Å²) in [5.41, 5.74) is 3.24. The topological polar surface area (TPSA) is 75.0 Å². The summed E-state index contributed by atoms with van der Waals surface area (Å²) in [5, 5.41) is 0.740. The number of fused-ring (bicyclic) bond motifs is 1. The second-order valence-corrected chi connectivity index (χ2v) is 8.30. The van der Waals surface area contributed by atoms with Crippen LogP contribution in [0.3, 0.4) is 0 Å². The number of ether oxygens (including phenoxy) is 3. The quantitative estimate of drug-likeness (QED) is 0.110. The van der Waals surface area contributed by atoms with Crippen molar-refractivity contribution in [2.75, 3.05) is 13.7 Å². The van der Waals surface area contributed by atoms with Crippen LogP contribution in [-0.2, 0) is 4.79 Å². The average molecular weight is 475 g/mol. The fraction of sp³-hybridized carbons (Fsp3) is 0.241. The summed E-state index contributed by atoms with van der Waals surface area (Å²) in [6.45, 7) is 6.75. The third-order valence-electron chi connectivity index (χ3n) is 5.17. The number of carbonyl (C=O) groups excluding carboxylic acids is 1. The molecule has 2 aromatic carbocycles. The zero-order chi connectivity index (χ0) is 25.2. The minimum atomic E-state index is -0.560. The van der Waals surface area contributed by atoms with Crippen LogP contribution in [0.4, 0.5) is 0 Å². The van der Waals surface area contributed by atoms with Crippen LogP contribution in [-0.4, -0.2) is 19.7 Å². The lowest BCUT2D eigenvalue weighted by Gasteiger charge is -2.10. The van der Waals surface area contributed by atoms with Crippen molar-refractivity contribution < 1.29 is 23.4 Å². The molecule has 0 amide bonds. The largest absolute Gasteiger partial charge is 0.493 e. The molecule has 0 aliphatic carbocycles. The maximum absolute atomic E-state index is 12.3. The van der Waals surface area contributed by atoms with Crippen molar-refractivity contribution in [1.82, 2.24) is 0 Å². The van der Waals surface area contributed by atoms with E-state index in [-0.39, 0.29) is 5.75 Å². The first-order valence-electron chi connectivity index (χ1n) is 11.4. The Morgan fingerprint density at radius 2 is 1.77 bits per heavy atom. The van der Waals surface area contributed by atoms with Crippen molar-refractivity contribution in [3.63, 3.8) is 0 Å². The molecule has 0 saturated heterocycles. The summed E-state index contributed by atoms with van der Waals surface area (Å²) in [5.74, 6) is 0.918. The number of methoxy groups -OCH3 is 1. The molecule has 0 aliphatic rings. The fourth-order valence-electron chi connectivity index (χ4n) is 3.29. The lowest BCUT2D eigenvalue weighted by molar-refractivity contribution is -0.128. The minimum absolute atomic E-state index is 0.284. The van der Waals surface area contributed by atoms with Crippen LogP contribution >= 0.6 is 0 Å². The van der Waals surface area contributed by atoms with Crippen LogP contribution in [0.25, 0.3) is 17.0 Å². The van der Waals surface area contributed by atoms with Gasteiger partial charge in [0.15, 0.2) is 11.5 Å². The van der Waals surface area contributed by atoms with E-state index >= 15 is 0 Å². The van der Waals surface area contributed by atoms with E-state index < -0.39 is 11.6 Å². The van der Waals surface area contributed by atoms with Crippen LogP contribution < -0.4 is 19.8 Å². The lowest BCUT2D eigenvalue weighted by atomic mass is 10.1. The van der Waals surface area contributed by atoms with Gasteiger partial charge in [0.25, 0.3) is 0 Å². The summed E-state index contributed by atoms with van der Waals surface area (Å²) in [4.78, 5) is 23.6. The van der Waals surface area contributed by atoms with Gasteiger partial charge in [-0.2, -0.15) is 0 Å². The van der Waals surface area contributed by atoms with Crippen molar-refractivity contribution in [3.05, 3.63) is 93.9 Å². The third kappa shape index (κ3) is 8.03. The summed E-state index contributed by atoms with van der Waals surface area (Å²) in [6.07, 6.45) is 9.26. The van der Waals surface area contributed by atoms with Crippen LogP contribution in [0.15, 0.2) is 87.1 Å². The smallest absolute Gasteiger partial charge is 0.336 e. The summed E-state index contributed by atoms with van der Waals surface area (Å²) < 4.78 is 21.8. The molecule has 182 valence electrons. The Balaban J connectivity index is 1.59. The second-order valence-electron chi connectivity index (χ2n) is 8.30. The number of hydrogen-bond acceptors (Lipinski definition) is 6. The van der Waals surface area contributed by atoms with Crippen molar-refractivity contribution in [3.8, 4) is 17.2 Å². The first kappa shape index (κ1) is 25.6. The molecule has 0 radical (unpaired) electrons. The molecule has 0 bridgehead atoms. The van der Waals surface area contributed by atoms with E-state index in [1.54, 1.807) is 37.5 Å². The number of benzene rings is 2. The number of allylic oxidation sites excluding steroid dienone is 3. The summed E-state index contributed by atoms with van der Waals surface area (Å²) in [6, 6.07) is 13.3. The Hall–Kier alpha value is -4.06. The number of rotatable bonds is 10. The molecule has 6 nitrogen and oxygen atoms in total. The molecule has 1 heterocycles. The van der Waals surface area contributed by atoms with Gasteiger partial charge in [0.2, 0.25) is 0 Å². The van der Waals surface area contributed by atoms with Crippen LogP contribution in [0, 0.1) is 0 Å². The highest BCUT2D eigenvalue weighted by Crippen LogP contribution is 2.29. The molecule has 0 aliphatic heterocycles. The highest BCUT2D eigenvalue weighted by molar-refractivity contribution is 5.89. The average Bonchev–Trinajstić information content (AvgIpc) is 2.82. The lowest BCUT2D eigenvalue weighted by Crippen LogP contribution is -2.04. The van der Waals surface area contributed by atoms with E-state index in [0.29, 0.717) is 23.7 Å². The fourth-order valence-corrected chi connectivity index (χ4v) is 3.29. The van der Waals surface area contributed by atoms with Crippen LogP contribution in [0.5, 0.6) is 17.2 Å². The van der Waals surface area contributed by atoms with Gasteiger partial charge >= 0.3 is 11.6 Å². The molecule has 0 saturated carbocycles. The molecular formula is C29H30O6. The molecule has 3 aromatic rings. The Morgan fingerprint density at radius 3 is 2.54 bits per heavy atom. The SMILES string of the molecule is COc1cc(/C=C/C(=O)Oc2ccc3ccc(=O)oc3c2)ccc1OC/C=C(\C)CCC=C(C)C. The van der Waals surface area contributed by atoms with Gasteiger partial charge in [-0.15, -0.1) is 0 Å². The molecule has 0 fully saturated rings. The molecule has 0 spiro atoms. The maximum Gasteiger partial charge on any atom is 0.336 e. The van der Waals surface area contributed by atoms with E-state index in [1.807, 2.05) is 12.1 Å². The highest BCUT2D eigenvalue weighted by atomic mass is 16.5. The Labute approximate surface area is 205 Å². The number of esters is 1. The molecular weight excluding hydrogens is 444 g/mol. The maximum atomic E-state index is 12.3. The standard InChI is InChI=1S/C29H30O6/c1-20(2)6-5-7-21(3)16-17-33-25-13-8-22(18-27(25)32-4)9-14-28(30)34-24-12-10-23-11-15-29(31)35-26(23)19-24/h6,8-16,18-19H,5,7,17H2,1-4H3/b14-9+,21-16+. The Kier molecular flexibility index (Phi) is 9.07. The first-order valence-corrected chi connectivity index (χ1v) is 11.4. The molecule has 35 heavy (non-hydrogen) atoms. The van der Waals surface area contributed by atoms with E-state index in [9.17, 15) is 9.59 Å². The van der Waals surface area contributed by atoms with E-state index in [2.05, 4.69) is 32.9 Å². The van der Waals surface area contributed by atoms with Gasteiger partial charge in [-0.25, -0.2) is 9.59 Å². The van der Waals surface area contributed by atoms with Crippen molar-refractivity contribution in [2.45, 2.75) is 33.6 Å². The van der Waals surface area contributed by atoms with Crippen LogP contribution in [0.2, 0.25) is 0 Å². The van der Waals surface area contributed by atoms with Crippen LogP contribution in [0.1, 0.15) is 39.2 Å². The van der Waals surface area contributed by atoms with Crippen molar-refractivity contribution in [1.29, 1.82) is 0 Å².